The highest BCUT2D eigenvalue weighted by molar-refractivity contribution is 6.45. The predicted octanol–water partition coefficient (Wildman–Crippen LogP) is 0.171. The van der Waals surface area contributed by atoms with Crippen LogP contribution < -0.4 is 5.23 Å². The number of nitrogens with zero attached hydrogens (tertiary/aromatic N) is 1. The molecule has 0 bridgehead atoms. The van der Waals surface area contributed by atoms with E-state index in [2.05, 4.69) is 17.2 Å². The highest BCUT2D eigenvalue weighted by Gasteiger charge is 2.16. The van der Waals surface area contributed by atoms with Gasteiger partial charge in [-0.25, -0.2) is 0 Å². The summed E-state index contributed by atoms with van der Waals surface area (Å²) in [5, 5.41) is 12.3. The van der Waals surface area contributed by atoms with E-state index < -0.39 is 0 Å². The van der Waals surface area contributed by atoms with Crippen molar-refractivity contribution in [1.82, 2.24) is 10.1 Å². The minimum Gasteiger partial charge on any atom is -0.437 e. The summed E-state index contributed by atoms with van der Waals surface area (Å²) in [6, 6.07) is 0.509. The van der Waals surface area contributed by atoms with Crippen molar-refractivity contribution in [3.63, 3.8) is 0 Å². The first kappa shape index (κ1) is 10.0. The van der Waals surface area contributed by atoms with Crippen molar-refractivity contribution in [2.75, 3.05) is 20.1 Å². The van der Waals surface area contributed by atoms with E-state index in [-0.39, 0.29) is 7.05 Å². The van der Waals surface area contributed by atoms with Crippen LogP contribution in [0.1, 0.15) is 19.3 Å². The first-order valence-corrected chi connectivity index (χ1v) is 4.81. The normalized spacial score (nSPS) is 26.8. The van der Waals surface area contributed by atoms with E-state index in [0.29, 0.717) is 6.04 Å². The van der Waals surface area contributed by atoms with Gasteiger partial charge in [0.05, 0.1) is 0 Å². The molecule has 1 aliphatic heterocycles. The van der Waals surface area contributed by atoms with E-state index >= 15 is 0 Å². The standard InChI is InChI=1S/C8H19BN2O/c1-9(12)10-8-4-3-6-11(2)7-5-8/h8,10,12H,3-7H2,1-2H3/t8-/m0/s1. The summed E-state index contributed by atoms with van der Waals surface area (Å²) in [5.41, 5.74) is 0. The molecule has 0 spiro atoms. The molecule has 0 radical (unpaired) electrons. The molecule has 1 heterocycles. The fourth-order valence-corrected chi connectivity index (χ4v) is 1.75. The lowest BCUT2D eigenvalue weighted by molar-refractivity contribution is 0.345. The van der Waals surface area contributed by atoms with Crippen LogP contribution in [0, 0.1) is 0 Å². The van der Waals surface area contributed by atoms with Crippen molar-refractivity contribution >= 4 is 7.05 Å². The van der Waals surface area contributed by atoms with Gasteiger partial charge in [-0.2, -0.15) is 0 Å². The quantitative estimate of drug-likeness (QED) is 0.580. The SMILES string of the molecule is CB(O)N[C@H]1CCCN(C)CC1. The van der Waals surface area contributed by atoms with Gasteiger partial charge in [0.25, 0.3) is 0 Å². The molecule has 4 heteroatoms. The lowest BCUT2D eigenvalue weighted by atomic mass is 9.86. The molecule has 0 aliphatic carbocycles. The van der Waals surface area contributed by atoms with Gasteiger partial charge >= 0.3 is 7.05 Å². The fourth-order valence-electron chi connectivity index (χ4n) is 1.75. The molecule has 70 valence electrons. The van der Waals surface area contributed by atoms with Crippen LogP contribution in [0.5, 0.6) is 0 Å². The Morgan fingerprint density at radius 2 is 2.17 bits per heavy atom. The van der Waals surface area contributed by atoms with Gasteiger partial charge in [0.15, 0.2) is 0 Å². The Morgan fingerprint density at radius 3 is 2.83 bits per heavy atom. The van der Waals surface area contributed by atoms with Crippen molar-refractivity contribution in [1.29, 1.82) is 0 Å². The summed E-state index contributed by atoms with van der Waals surface area (Å²) >= 11 is 0. The van der Waals surface area contributed by atoms with E-state index in [1.165, 1.54) is 19.4 Å². The number of nitrogens with one attached hydrogen (secondary N) is 1. The van der Waals surface area contributed by atoms with Gasteiger partial charge in [0.2, 0.25) is 0 Å². The van der Waals surface area contributed by atoms with Gasteiger partial charge in [-0.3, -0.25) is 0 Å². The molecule has 1 rings (SSSR count). The molecule has 0 aromatic rings. The van der Waals surface area contributed by atoms with E-state index in [9.17, 15) is 0 Å². The summed E-state index contributed by atoms with van der Waals surface area (Å²) in [4.78, 5) is 2.35. The smallest absolute Gasteiger partial charge is 0.373 e. The van der Waals surface area contributed by atoms with Crippen molar-refractivity contribution < 1.29 is 5.02 Å². The maximum absolute atomic E-state index is 9.14. The van der Waals surface area contributed by atoms with E-state index in [4.69, 9.17) is 5.02 Å². The van der Waals surface area contributed by atoms with Gasteiger partial charge in [-0.15, -0.1) is 0 Å². The fraction of sp³-hybridized carbons (Fsp3) is 1.00. The topological polar surface area (TPSA) is 35.5 Å². The Kier molecular flexibility index (Phi) is 4.05. The maximum atomic E-state index is 9.14. The number of rotatable bonds is 2. The zero-order valence-electron chi connectivity index (χ0n) is 8.08. The van der Waals surface area contributed by atoms with Crippen molar-refractivity contribution in [3.05, 3.63) is 0 Å². The summed E-state index contributed by atoms with van der Waals surface area (Å²) in [6.07, 6.45) is 3.58. The average molecular weight is 170 g/mol. The molecule has 2 N–H and O–H groups in total. The van der Waals surface area contributed by atoms with Crippen molar-refractivity contribution in [2.45, 2.75) is 32.1 Å². The number of hydrogen-bond donors (Lipinski definition) is 2. The van der Waals surface area contributed by atoms with E-state index in [0.717, 1.165) is 13.0 Å². The molecule has 1 aliphatic rings. The zero-order valence-corrected chi connectivity index (χ0v) is 8.08. The molecular weight excluding hydrogens is 151 g/mol. The molecule has 1 saturated heterocycles. The van der Waals surface area contributed by atoms with Gasteiger partial charge in [-0.05, 0) is 52.3 Å². The van der Waals surface area contributed by atoms with Gasteiger partial charge < -0.3 is 15.2 Å². The summed E-state index contributed by atoms with van der Waals surface area (Å²) in [5.74, 6) is 0. The van der Waals surface area contributed by atoms with Crippen LogP contribution >= 0.6 is 0 Å². The van der Waals surface area contributed by atoms with Crippen molar-refractivity contribution in [2.24, 2.45) is 0 Å². The monoisotopic (exact) mass is 170 g/mol. The van der Waals surface area contributed by atoms with E-state index in [1.54, 1.807) is 6.82 Å². The highest BCUT2D eigenvalue weighted by atomic mass is 16.2. The van der Waals surface area contributed by atoms with Crippen LogP contribution in [0.4, 0.5) is 0 Å². The lowest BCUT2D eigenvalue weighted by Gasteiger charge is -2.16. The Balaban J connectivity index is 2.26. The third kappa shape index (κ3) is 3.56. The van der Waals surface area contributed by atoms with Crippen LogP contribution in [-0.4, -0.2) is 43.2 Å². The van der Waals surface area contributed by atoms with Crippen LogP contribution in [0.3, 0.4) is 0 Å². The molecule has 0 aromatic heterocycles. The minimum absolute atomic E-state index is 0.363. The second-order valence-electron chi connectivity index (χ2n) is 3.77. The predicted molar refractivity (Wildman–Crippen MR) is 52.1 cm³/mol. The molecule has 0 saturated carbocycles. The molecule has 12 heavy (non-hydrogen) atoms. The van der Waals surface area contributed by atoms with Gasteiger partial charge in [0, 0.05) is 0 Å². The number of hydrogen-bond acceptors (Lipinski definition) is 3. The Bertz CT molecular complexity index is 132. The lowest BCUT2D eigenvalue weighted by Crippen LogP contribution is -2.40. The average Bonchev–Trinajstić information content (AvgIpc) is 2.15. The minimum atomic E-state index is -0.363. The maximum Gasteiger partial charge on any atom is 0.373 e. The number of likely N-dealkylation sites (tertiary alicyclic amines) is 1. The largest absolute Gasteiger partial charge is 0.437 e. The van der Waals surface area contributed by atoms with Crippen LogP contribution in [0.25, 0.3) is 0 Å². The summed E-state index contributed by atoms with van der Waals surface area (Å²) in [6.45, 7) is 4.12. The molecule has 3 nitrogen and oxygen atoms in total. The highest BCUT2D eigenvalue weighted by Crippen LogP contribution is 2.09. The second-order valence-corrected chi connectivity index (χ2v) is 3.77. The molecule has 0 amide bonds. The molecule has 1 atom stereocenters. The third-order valence-corrected chi connectivity index (χ3v) is 2.43. The molecule has 0 aromatic carbocycles. The Labute approximate surface area is 75.3 Å². The van der Waals surface area contributed by atoms with E-state index in [1.807, 2.05) is 0 Å². The second kappa shape index (κ2) is 4.85. The Hall–Kier alpha value is -0.0551. The van der Waals surface area contributed by atoms with Crippen molar-refractivity contribution in [3.8, 4) is 0 Å². The molecule has 1 fully saturated rings. The van der Waals surface area contributed by atoms with Crippen LogP contribution in [0.2, 0.25) is 6.82 Å². The zero-order chi connectivity index (χ0) is 8.97. The first-order valence-electron chi connectivity index (χ1n) is 4.81. The molecule has 0 unspecified atom stereocenters. The molecular formula is C8H19BN2O. The van der Waals surface area contributed by atoms with Gasteiger partial charge in [0.1, 0.15) is 0 Å². The Morgan fingerprint density at radius 1 is 1.42 bits per heavy atom. The third-order valence-electron chi connectivity index (χ3n) is 2.43. The van der Waals surface area contributed by atoms with Gasteiger partial charge in [-0.1, -0.05) is 0 Å². The van der Waals surface area contributed by atoms with Crippen LogP contribution in [0.15, 0.2) is 0 Å². The first-order chi connectivity index (χ1) is 5.68. The summed E-state index contributed by atoms with van der Waals surface area (Å²) < 4.78 is 0. The summed E-state index contributed by atoms with van der Waals surface area (Å²) in [7, 11) is 1.79. The van der Waals surface area contributed by atoms with Crippen LogP contribution in [-0.2, 0) is 0 Å².